The molecule has 0 aliphatic carbocycles. The van der Waals surface area contributed by atoms with Crippen LogP contribution in [0.2, 0.25) is 0 Å². The molecule has 1 N–H and O–H groups in total. The maximum Gasteiger partial charge on any atom is 0.127 e. The van der Waals surface area contributed by atoms with E-state index in [9.17, 15) is 9.50 Å². The van der Waals surface area contributed by atoms with Crippen molar-refractivity contribution >= 4 is 16.5 Å². The van der Waals surface area contributed by atoms with Crippen LogP contribution < -0.4 is 9.64 Å². The Morgan fingerprint density at radius 3 is 2.39 bits per heavy atom. The van der Waals surface area contributed by atoms with Gasteiger partial charge in [-0.15, -0.1) is 0 Å². The van der Waals surface area contributed by atoms with Gasteiger partial charge in [0.05, 0.1) is 0 Å². The number of ether oxygens (including phenoxy) is 1. The molecule has 3 aromatic carbocycles. The topological polar surface area (TPSA) is 35.9 Å². The average molecular weight is 380 g/mol. The van der Waals surface area contributed by atoms with Crippen molar-refractivity contribution in [2.45, 2.75) is 6.10 Å². The van der Waals surface area contributed by atoms with Gasteiger partial charge < -0.3 is 14.7 Å². The van der Waals surface area contributed by atoms with Crippen molar-refractivity contribution in [2.75, 3.05) is 44.2 Å². The van der Waals surface area contributed by atoms with E-state index in [2.05, 4.69) is 21.9 Å². The SMILES string of the molecule is O[C@@H](COc1cccc2ccccc12)CN1CCN(c2ccc(F)cc2)CC1. The summed E-state index contributed by atoms with van der Waals surface area (Å²) >= 11 is 0. The van der Waals surface area contributed by atoms with E-state index in [1.54, 1.807) is 0 Å². The van der Waals surface area contributed by atoms with Crippen molar-refractivity contribution in [2.24, 2.45) is 0 Å². The second-order valence-corrected chi connectivity index (χ2v) is 7.21. The van der Waals surface area contributed by atoms with Crippen LogP contribution in [0.25, 0.3) is 10.8 Å². The van der Waals surface area contributed by atoms with E-state index in [1.807, 2.05) is 42.5 Å². The van der Waals surface area contributed by atoms with Crippen LogP contribution in [0.3, 0.4) is 0 Å². The van der Waals surface area contributed by atoms with Gasteiger partial charge in [0.2, 0.25) is 0 Å². The molecule has 0 bridgehead atoms. The average Bonchev–Trinajstić information content (AvgIpc) is 2.73. The molecule has 0 aromatic heterocycles. The second kappa shape index (κ2) is 8.59. The molecule has 0 radical (unpaired) electrons. The van der Waals surface area contributed by atoms with Crippen LogP contribution in [0.1, 0.15) is 0 Å². The fraction of sp³-hybridized carbons (Fsp3) is 0.304. The molecule has 5 heteroatoms. The largest absolute Gasteiger partial charge is 0.490 e. The molecule has 0 saturated carbocycles. The summed E-state index contributed by atoms with van der Waals surface area (Å²) in [6.07, 6.45) is -0.545. The minimum Gasteiger partial charge on any atom is -0.490 e. The summed E-state index contributed by atoms with van der Waals surface area (Å²) in [6.45, 7) is 4.31. The maximum atomic E-state index is 13.1. The summed E-state index contributed by atoms with van der Waals surface area (Å²) in [5.41, 5.74) is 1.04. The summed E-state index contributed by atoms with van der Waals surface area (Å²) in [5, 5.41) is 12.6. The van der Waals surface area contributed by atoms with Gasteiger partial charge in [0.25, 0.3) is 0 Å². The fourth-order valence-electron chi connectivity index (χ4n) is 3.70. The van der Waals surface area contributed by atoms with E-state index in [0.717, 1.165) is 48.4 Å². The normalized spacial score (nSPS) is 16.3. The standard InChI is InChI=1S/C23H25FN2O2/c24-19-8-10-20(11-9-19)26-14-12-25(13-15-26)16-21(27)17-28-23-7-3-5-18-4-1-2-6-22(18)23/h1-11,21,27H,12-17H2/t21-/m1/s1. The second-order valence-electron chi connectivity index (χ2n) is 7.21. The zero-order valence-corrected chi connectivity index (χ0v) is 15.8. The minimum atomic E-state index is -0.545. The van der Waals surface area contributed by atoms with Crippen molar-refractivity contribution in [1.29, 1.82) is 0 Å². The summed E-state index contributed by atoms with van der Waals surface area (Å²) in [5.74, 6) is 0.593. The summed E-state index contributed by atoms with van der Waals surface area (Å²) in [4.78, 5) is 4.49. The number of aliphatic hydroxyl groups excluding tert-OH is 1. The molecule has 1 fully saturated rings. The van der Waals surface area contributed by atoms with Crippen molar-refractivity contribution < 1.29 is 14.2 Å². The number of piperazine rings is 1. The predicted octanol–water partition coefficient (Wildman–Crippen LogP) is 3.54. The molecule has 28 heavy (non-hydrogen) atoms. The van der Waals surface area contributed by atoms with Gasteiger partial charge in [-0.25, -0.2) is 4.39 Å². The van der Waals surface area contributed by atoms with E-state index in [4.69, 9.17) is 4.74 Å². The van der Waals surface area contributed by atoms with E-state index >= 15 is 0 Å². The highest BCUT2D eigenvalue weighted by Crippen LogP contribution is 2.25. The number of β-amino-alcohol motifs (C(OH)–C–C–N with tert-alkyl or cyclic N) is 1. The third-order valence-corrected chi connectivity index (χ3v) is 5.21. The predicted molar refractivity (Wildman–Crippen MR) is 111 cm³/mol. The smallest absolute Gasteiger partial charge is 0.127 e. The number of fused-ring (bicyclic) bond motifs is 1. The zero-order valence-electron chi connectivity index (χ0n) is 15.8. The van der Waals surface area contributed by atoms with Gasteiger partial charge in [-0.05, 0) is 35.7 Å². The highest BCUT2D eigenvalue weighted by molar-refractivity contribution is 5.88. The molecule has 0 amide bonds. The lowest BCUT2D eigenvalue weighted by molar-refractivity contribution is 0.0668. The third-order valence-electron chi connectivity index (χ3n) is 5.21. The molecule has 3 aromatic rings. The van der Waals surface area contributed by atoms with E-state index in [1.165, 1.54) is 12.1 Å². The maximum absolute atomic E-state index is 13.1. The number of nitrogens with zero attached hydrogens (tertiary/aromatic N) is 2. The Balaban J connectivity index is 1.26. The highest BCUT2D eigenvalue weighted by Gasteiger charge is 2.20. The molecule has 1 aliphatic heterocycles. The van der Waals surface area contributed by atoms with Crippen LogP contribution in [-0.4, -0.2) is 55.4 Å². The first kappa shape index (κ1) is 18.7. The molecular formula is C23H25FN2O2. The van der Waals surface area contributed by atoms with Gasteiger partial charge >= 0.3 is 0 Å². The fourth-order valence-corrected chi connectivity index (χ4v) is 3.70. The molecule has 1 atom stereocenters. The molecule has 1 heterocycles. The Kier molecular flexibility index (Phi) is 5.74. The van der Waals surface area contributed by atoms with Crippen LogP contribution in [-0.2, 0) is 0 Å². The molecule has 1 saturated heterocycles. The summed E-state index contributed by atoms with van der Waals surface area (Å²) in [7, 11) is 0. The Morgan fingerprint density at radius 2 is 1.61 bits per heavy atom. The Morgan fingerprint density at radius 1 is 0.893 bits per heavy atom. The number of rotatable bonds is 6. The number of benzene rings is 3. The molecule has 1 aliphatic rings. The van der Waals surface area contributed by atoms with Crippen LogP contribution in [0.15, 0.2) is 66.7 Å². The van der Waals surface area contributed by atoms with Crippen LogP contribution >= 0.6 is 0 Å². The molecule has 146 valence electrons. The van der Waals surface area contributed by atoms with Crippen LogP contribution in [0.5, 0.6) is 5.75 Å². The highest BCUT2D eigenvalue weighted by atomic mass is 19.1. The molecule has 0 unspecified atom stereocenters. The van der Waals surface area contributed by atoms with Gasteiger partial charge in [0, 0.05) is 43.8 Å². The first-order valence-corrected chi connectivity index (χ1v) is 9.70. The summed E-state index contributed by atoms with van der Waals surface area (Å²) in [6, 6.07) is 20.7. The molecular weight excluding hydrogens is 355 g/mol. The first-order valence-electron chi connectivity index (χ1n) is 9.70. The van der Waals surface area contributed by atoms with Gasteiger partial charge in [0.15, 0.2) is 0 Å². The van der Waals surface area contributed by atoms with Crippen LogP contribution in [0, 0.1) is 5.82 Å². The monoisotopic (exact) mass is 380 g/mol. The molecule has 0 spiro atoms. The number of hydrogen-bond acceptors (Lipinski definition) is 4. The lowest BCUT2D eigenvalue weighted by Gasteiger charge is -2.36. The van der Waals surface area contributed by atoms with Crippen molar-refractivity contribution in [3.63, 3.8) is 0 Å². The van der Waals surface area contributed by atoms with Crippen molar-refractivity contribution in [1.82, 2.24) is 4.90 Å². The lowest BCUT2D eigenvalue weighted by Crippen LogP contribution is -2.49. The van der Waals surface area contributed by atoms with E-state index < -0.39 is 6.10 Å². The first-order chi connectivity index (χ1) is 13.7. The van der Waals surface area contributed by atoms with Gasteiger partial charge in [0.1, 0.15) is 24.3 Å². The lowest BCUT2D eigenvalue weighted by atomic mass is 10.1. The van der Waals surface area contributed by atoms with E-state index in [0.29, 0.717) is 6.54 Å². The number of aliphatic hydroxyl groups is 1. The van der Waals surface area contributed by atoms with E-state index in [-0.39, 0.29) is 12.4 Å². The quantitative estimate of drug-likeness (QED) is 0.710. The molecule has 4 nitrogen and oxygen atoms in total. The number of hydrogen-bond donors (Lipinski definition) is 1. The number of anilines is 1. The van der Waals surface area contributed by atoms with Gasteiger partial charge in [-0.2, -0.15) is 0 Å². The molecule has 4 rings (SSSR count). The Labute approximate surface area is 164 Å². The van der Waals surface area contributed by atoms with Crippen molar-refractivity contribution in [3.05, 3.63) is 72.5 Å². The summed E-state index contributed by atoms with van der Waals surface area (Å²) < 4.78 is 19.0. The van der Waals surface area contributed by atoms with Gasteiger partial charge in [-0.3, -0.25) is 4.90 Å². The van der Waals surface area contributed by atoms with Gasteiger partial charge in [-0.1, -0.05) is 36.4 Å². The number of halogens is 1. The Bertz CT molecular complexity index is 903. The third kappa shape index (κ3) is 4.43. The van der Waals surface area contributed by atoms with Crippen LogP contribution in [0.4, 0.5) is 10.1 Å². The minimum absolute atomic E-state index is 0.211. The van der Waals surface area contributed by atoms with Crippen molar-refractivity contribution in [3.8, 4) is 5.75 Å². The zero-order chi connectivity index (χ0) is 19.3. The Hall–Kier alpha value is -2.63.